The number of hydrogen-bond acceptors (Lipinski definition) is 3. The smallest absolute Gasteiger partial charge is 0.336 e. The van der Waals surface area contributed by atoms with Gasteiger partial charge < -0.3 is 4.42 Å². The molecule has 3 nitrogen and oxygen atoms in total. The van der Waals surface area contributed by atoms with Gasteiger partial charge >= 0.3 is 5.63 Å². The summed E-state index contributed by atoms with van der Waals surface area (Å²) in [5.74, 6) is 0.539. The van der Waals surface area contributed by atoms with Crippen molar-refractivity contribution in [2.75, 3.05) is 0 Å². The Labute approximate surface area is 112 Å². The lowest BCUT2D eigenvalue weighted by Gasteiger charge is -2.11. The van der Waals surface area contributed by atoms with Crippen LogP contribution in [0.4, 0.5) is 0 Å². The van der Waals surface area contributed by atoms with E-state index >= 15 is 0 Å². The Hall–Kier alpha value is -1.90. The minimum Gasteiger partial charge on any atom is -0.422 e. The van der Waals surface area contributed by atoms with Crippen LogP contribution in [0.25, 0.3) is 11.0 Å². The Bertz CT molecular complexity index is 665. The molecule has 100 valence electrons. The molecule has 0 unspecified atom stereocenters. The van der Waals surface area contributed by atoms with Gasteiger partial charge in [0.1, 0.15) is 5.58 Å². The van der Waals surface area contributed by atoms with Crippen LogP contribution in [0.2, 0.25) is 0 Å². The van der Waals surface area contributed by atoms with Gasteiger partial charge in [-0.1, -0.05) is 26.0 Å². The van der Waals surface area contributed by atoms with Gasteiger partial charge in [-0.15, -0.1) is 0 Å². The zero-order valence-electron chi connectivity index (χ0n) is 11.5. The van der Waals surface area contributed by atoms with Crippen molar-refractivity contribution in [1.82, 2.24) is 0 Å². The molecule has 0 aliphatic carbocycles. The quantitative estimate of drug-likeness (QED) is 0.622. The summed E-state index contributed by atoms with van der Waals surface area (Å²) in [6, 6.07) is 6.79. The monoisotopic (exact) mass is 258 g/mol. The first-order valence-electron chi connectivity index (χ1n) is 6.55. The molecule has 1 heterocycles. The second-order valence-corrected chi connectivity index (χ2v) is 5.25. The number of rotatable bonds is 4. The van der Waals surface area contributed by atoms with E-state index in [2.05, 4.69) is 13.8 Å². The molecule has 0 aliphatic heterocycles. The molecular formula is C16H18O3. The van der Waals surface area contributed by atoms with Gasteiger partial charge in [0.15, 0.2) is 5.78 Å². The van der Waals surface area contributed by atoms with Crippen LogP contribution in [0, 0.1) is 5.92 Å². The Morgan fingerprint density at radius 2 is 1.89 bits per heavy atom. The van der Waals surface area contributed by atoms with E-state index in [0.29, 0.717) is 17.1 Å². The summed E-state index contributed by atoms with van der Waals surface area (Å²) < 4.78 is 5.31. The molecule has 0 bridgehead atoms. The number of aryl methyl sites for hydroxylation is 1. The molecule has 2 aromatic rings. The normalized spacial score (nSPS) is 11.2. The van der Waals surface area contributed by atoms with Crippen LogP contribution < -0.4 is 5.63 Å². The van der Waals surface area contributed by atoms with E-state index in [1.54, 1.807) is 13.0 Å². The topological polar surface area (TPSA) is 47.3 Å². The van der Waals surface area contributed by atoms with E-state index in [-0.39, 0.29) is 11.4 Å². The molecule has 0 saturated heterocycles. The van der Waals surface area contributed by atoms with Crippen molar-refractivity contribution in [1.29, 1.82) is 0 Å². The predicted octanol–water partition coefficient (Wildman–Crippen LogP) is 3.58. The zero-order valence-corrected chi connectivity index (χ0v) is 11.5. The van der Waals surface area contributed by atoms with Gasteiger partial charge in [0.25, 0.3) is 0 Å². The van der Waals surface area contributed by atoms with E-state index in [0.717, 1.165) is 23.8 Å². The fraction of sp³-hybridized carbons (Fsp3) is 0.375. The minimum atomic E-state index is -0.376. The molecule has 2 rings (SSSR count). The fourth-order valence-electron chi connectivity index (χ4n) is 2.20. The van der Waals surface area contributed by atoms with Crippen LogP contribution in [0.15, 0.2) is 33.5 Å². The molecular weight excluding hydrogens is 240 g/mol. The molecule has 0 amide bonds. The van der Waals surface area contributed by atoms with Gasteiger partial charge in [0, 0.05) is 22.6 Å². The highest BCUT2D eigenvalue weighted by atomic mass is 16.4. The molecule has 0 spiro atoms. The van der Waals surface area contributed by atoms with Crippen LogP contribution in [0.1, 0.15) is 43.1 Å². The molecule has 0 aliphatic rings. The van der Waals surface area contributed by atoms with Crippen LogP contribution >= 0.6 is 0 Å². The second-order valence-electron chi connectivity index (χ2n) is 5.25. The fourth-order valence-corrected chi connectivity index (χ4v) is 2.20. The van der Waals surface area contributed by atoms with E-state index in [4.69, 9.17) is 4.42 Å². The van der Waals surface area contributed by atoms with E-state index in [1.165, 1.54) is 6.07 Å². The van der Waals surface area contributed by atoms with Crippen molar-refractivity contribution in [2.45, 2.75) is 33.6 Å². The summed E-state index contributed by atoms with van der Waals surface area (Å²) in [6.07, 6.45) is 1.70. The molecule has 1 aromatic carbocycles. The summed E-state index contributed by atoms with van der Waals surface area (Å²) >= 11 is 0. The lowest BCUT2D eigenvalue weighted by atomic mass is 9.95. The van der Waals surface area contributed by atoms with E-state index in [1.807, 2.05) is 12.1 Å². The molecule has 19 heavy (non-hydrogen) atoms. The van der Waals surface area contributed by atoms with Gasteiger partial charge in [0.2, 0.25) is 0 Å². The first-order chi connectivity index (χ1) is 8.99. The van der Waals surface area contributed by atoms with Crippen molar-refractivity contribution in [3.63, 3.8) is 0 Å². The first kappa shape index (κ1) is 13.5. The molecule has 0 saturated carbocycles. The average Bonchev–Trinajstić information content (AvgIpc) is 2.35. The highest BCUT2D eigenvalue weighted by molar-refractivity contribution is 5.99. The average molecular weight is 258 g/mol. The Morgan fingerprint density at radius 3 is 2.53 bits per heavy atom. The Balaban J connectivity index is 2.64. The van der Waals surface area contributed by atoms with Crippen molar-refractivity contribution < 1.29 is 9.21 Å². The van der Waals surface area contributed by atoms with Crippen molar-refractivity contribution >= 4 is 16.8 Å². The van der Waals surface area contributed by atoms with Crippen LogP contribution in [0.5, 0.6) is 0 Å². The van der Waals surface area contributed by atoms with E-state index < -0.39 is 0 Å². The number of benzene rings is 1. The first-order valence-corrected chi connectivity index (χ1v) is 6.55. The number of Topliss-reactive ketones (excluding diaryl/α,β-unsaturated/α-hetero) is 1. The van der Waals surface area contributed by atoms with Gasteiger partial charge in [0.05, 0.1) is 0 Å². The number of carbonyl (C=O) groups is 1. The van der Waals surface area contributed by atoms with Crippen LogP contribution in [-0.2, 0) is 6.42 Å². The molecule has 3 heteroatoms. The highest BCUT2D eigenvalue weighted by Gasteiger charge is 2.14. The number of fused-ring (bicyclic) bond motifs is 1. The van der Waals surface area contributed by atoms with Gasteiger partial charge in [-0.2, -0.15) is 0 Å². The summed E-state index contributed by atoms with van der Waals surface area (Å²) in [5, 5.41) is 0.864. The third-order valence-electron chi connectivity index (χ3n) is 3.24. The SMILES string of the molecule is CC(=O)c1ccc2ccc(=O)oc2c1CCC(C)C. The largest absolute Gasteiger partial charge is 0.422 e. The molecule has 0 atom stereocenters. The van der Waals surface area contributed by atoms with Gasteiger partial charge in [-0.25, -0.2) is 4.79 Å². The number of ketones is 1. The maximum atomic E-state index is 11.7. The third-order valence-corrected chi connectivity index (χ3v) is 3.24. The predicted molar refractivity (Wildman–Crippen MR) is 75.6 cm³/mol. The van der Waals surface area contributed by atoms with Crippen LogP contribution in [-0.4, -0.2) is 5.78 Å². The van der Waals surface area contributed by atoms with Gasteiger partial charge in [-0.05, 0) is 31.7 Å². The lowest BCUT2D eigenvalue weighted by Crippen LogP contribution is -2.05. The number of hydrogen-bond donors (Lipinski definition) is 0. The van der Waals surface area contributed by atoms with Crippen molar-refractivity contribution in [3.05, 3.63) is 45.8 Å². The molecule has 0 fully saturated rings. The summed E-state index contributed by atoms with van der Waals surface area (Å²) in [4.78, 5) is 23.1. The summed E-state index contributed by atoms with van der Waals surface area (Å²) in [6.45, 7) is 5.81. The lowest BCUT2D eigenvalue weighted by molar-refractivity contribution is 0.101. The maximum Gasteiger partial charge on any atom is 0.336 e. The number of carbonyl (C=O) groups excluding carboxylic acids is 1. The molecule has 0 N–H and O–H groups in total. The maximum absolute atomic E-state index is 11.7. The third kappa shape index (κ3) is 2.92. The molecule has 0 radical (unpaired) electrons. The van der Waals surface area contributed by atoms with Crippen molar-refractivity contribution in [3.8, 4) is 0 Å². The summed E-state index contributed by atoms with van der Waals surface area (Å²) in [7, 11) is 0. The highest BCUT2D eigenvalue weighted by Crippen LogP contribution is 2.24. The Kier molecular flexibility index (Phi) is 3.84. The minimum absolute atomic E-state index is 0.00663. The summed E-state index contributed by atoms with van der Waals surface area (Å²) in [5.41, 5.74) is 1.69. The standard InChI is InChI=1S/C16H18O3/c1-10(2)4-7-14-13(11(3)17)8-5-12-6-9-15(18)19-16(12)14/h5-6,8-10H,4,7H2,1-3H3. The van der Waals surface area contributed by atoms with Crippen LogP contribution in [0.3, 0.4) is 0 Å². The van der Waals surface area contributed by atoms with E-state index in [9.17, 15) is 9.59 Å². The second kappa shape index (κ2) is 5.39. The van der Waals surface area contributed by atoms with Crippen molar-refractivity contribution in [2.24, 2.45) is 5.92 Å². The zero-order chi connectivity index (χ0) is 14.0. The Morgan fingerprint density at radius 1 is 1.21 bits per heavy atom. The van der Waals surface area contributed by atoms with Gasteiger partial charge in [-0.3, -0.25) is 4.79 Å². The molecule has 1 aromatic heterocycles.